The van der Waals surface area contributed by atoms with E-state index in [9.17, 15) is 5.11 Å². The lowest BCUT2D eigenvalue weighted by atomic mass is 10.0. The SMILES string of the molecule is C=C1[C@H](C(OC)OC)CC[C@@H]1O. The van der Waals surface area contributed by atoms with Gasteiger partial charge in [0, 0.05) is 20.1 Å². The molecular formula is C9H16O3. The van der Waals surface area contributed by atoms with Crippen molar-refractivity contribution in [3.05, 3.63) is 12.2 Å². The van der Waals surface area contributed by atoms with E-state index in [2.05, 4.69) is 6.58 Å². The molecule has 0 aliphatic heterocycles. The lowest BCUT2D eigenvalue weighted by Gasteiger charge is -2.21. The molecule has 0 saturated heterocycles. The first kappa shape index (κ1) is 9.71. The number of hydrogen-bond donors (Lipinski definition) is 1. The fourth-order valence-electron chi connectivity index (χ4n) is 1.69. The van der Waals surface area contributed by atoms with E-state index in [1.807, 2.05) is 0 Å². The number of aliphatic hydroxyl groups excluding tert-OH is 1. The third-order valence-electron chi connectivity index (χ3n) is 2.45. The third kappa shape index (κ3) is 1.68. The van der Waals surface area contributed by atoms with Gasteiger partial charge >= 0.3 is 0 Å². The average Bonchev–Trinajstić information content (AvgIpc) is 2.38. The summed E-state index contributed by atoms with van der Waals surface area (Å²) >= 11 is 0. The molecule has 1 aliphatic rings. The van der Waals surface area contributed by atoms with Gasteiger partial charge in [-0.3, -0.25) is 0 Å². The van der Waals surface area contributed by atoms with E-state index in [1.54, 1.807) is 14.2 Å². The summed E-state index contributed by atoms with van der Waals surface area (Å²) in [5.74, 6) is 0.148. The minimum Gasteiger partial charge on any atom is -0.389 e. The topological polar surface area (TPSA) is 38.7 Å². The number of aliphatic hydroxyl groups is 1. The van der Waals surface area contributed by atoms with Crippen LogP contribution in [0, 0.1) is 5.92 Å². The number of ether oxygens (including phenoxy) is 2. The molecule has 1 rings (SSSR count). The van der Waals surface area contributed by atoms with Crippen LogP contribution in [0.25, 0.3) is 0 Å². The van der Waals surface area contributed by atoms with Gasteiger partial charge in [-0.05, 0) is 18.4 Å². The van der Waals surface area contributed by atoms with E-state index in [1.165, 1.54) is 0 Å². The monoisotopic (exact) mass is 172 g/mol. The smallest absolute Gasteiger partial charge is 0.163 e. The highest BCUT2D eigenvalue weighted by Gasteiger charge is 2.33. The second-order valence-corrected chi connectivity index (χ2v) is 3.11. The predicted octanol–water partition coefficient (Wildman–Crippen LogP) is 0.932. The van der Waals surface area contributed by atoms with Crippen molar-refractivity contribution in [3.63, 3.8) is 0 Å². The van der Waals surface area contributed by atoms with Crippen molar-refractivity contribution in [1.82, 2.24) is 0 Å². The van der Waals surface area contributed by atoms with Gasteiger partial charge in [-0.25, -0.2) is 0 Å². The Labute approximate surface area is 73.0 Å². The molecule has 1 aliphatic carbocycles. The van der Waals surface area contributed by atoms with Crippen molar-refractivity contribution < 1.29 is 14.6 Å². The summed E-state index contributed by atoms with van der Waals surface area (Å²) < 4.78 is 10.2. The van der Waals surface area contributed by atoms with Crippen LogP contribution < -0.4 is 0 Å². The van der Waals surface area contributed by atoms with Crippen molar-refractivity contribution in [2.75, 3.05) is 14.2 Å². The van der Waals surface area contributed by atoms with Crippen LogP contribution in [0.3, 0.4) is 0 Å². The van der Waals surface area contributed by atoms with Gasteiger partial charge < -0.3 is 14.6 Å². The van der Waals surface area contributed by atoms with Crippen LogP contribution in [0.2, 0.25) is 0 Å². The van der Waals surface area contributed by atoms with E-state index in [4.69, 9.17) is 9.47 Å². The molecule has 0 bridgehead atoms. The summed E-state index contributed by atoms with van der Waals surface area (Å²) in [6.07, 6.45) is 1.04. The highest BCUT2D eigenvalue weighted by molar-refractivity contribution is 5.13. The maximum absolute atomic E-state index is 9.40. The van der Waals surface area contributed by atoms with E-state index in [0.717, 1.165) is 18.4 Å². The highest BCUT2D eigenvalue weighted by atomic mass is 16.7. The van der Waals surface area contributed by atoms with Gasteiger partial charge in [0.1, 0.15) is 0 Å². The molecule has 0 heterocycles. The Hall–Kier alpha value is -0.380. The molecule has 0 radical (unpaired) electrons. The summed E-state index contributed by atoms with van der Waals surface area (Å²) in [4.78, 5) is 0. The Morgan fingerprint density at radius 1 is 1.42 bits per heavy atom. The Morgan fingerprint density at radius 2 is 2.00 bits per heavy atom. The molecule has 0 aromatic heterocycles. The second-order valence-electron chi connectivity index (χ2n) is 3.11. The minimum atomic E-state index is -0.372. The standard InChI is InChI=1S/C9H16O3/c1-6-7(4-5-8(6)10)9(11-2)12-3/h7-10H,1,4-5H2,2-3H3/t7-,8+/m1/s1. The molecule has 0 amide bonds. The van der Waals surface area contributed by atoms with E-state index in [-0.39, 0.29) is 18.3 Å². The second kappa shape index (κ2) is 4.03. The van der Waals surface area contributed by atoms with Crippen molar-refractivity contribution in [3.8, 4) is 0 Å². The molecule has 0 aromatic carbocycles. The lowest BCUT2D eigenvalue weighted by molar-refractivity contribution is -0.127. The van der Waals surface area contributed by atoms with Crippen molar-refractivity contribution in [2.45, 2.75) is 25.2 Å². The Balaban J connectivity index is 2.57. The van der Waals surface area contributed by atoms with Crippen LogP contribution >= 0.6 is 0 Å². The third-order valence-corrected chi connectivity index (χ3v) is 2.45. The van der Waals surface area contributed by atoms with Crippen LogP contribution in [0.15, 0.2) is 12.2 Å². The molecule has 0 unspecified atom stereocenters. The minimum absolute atomic E-state index is 0.148. The molecule has 70 valence electrons. The zero-order valence-electron chi connectivity index (χ0n) is 7.62. The quantitative estimate of drug-likeness (QED) is 0.508. The van der Waals surface area contributed by atoms with Gasteiger partial charge in [-0.2, -0.15) is 0 Å². The first-order chi connectivity index (χ1) is 5.70. The van der Waals surface area contributed by atoms with Gasteiger partial charge in [0.25, 0.3) is 0 Å². The lowest BCUT2D eigenvalue weighted by Crippen LogP contribution is -2.24. The fourth-order valence-corrected chi connectivity index (χ4v) is 1.69. The summed E-state index contributed by atoms with van der Waals surface area (Å²) in [5.41, 5.74) is 0.837. The number of hydrogen-bond acceptors (Lipinski definition) is 3. The van der Waals surface area contributed by atoms with Crippen LogP contribution in [0.1, 0.15) is 12.8 Å². The van der Waals surface area contributed by atoms with Crippen molar-refractivity contribution >= 4 is 0 Å². The van der Waals surface area contributed by atoms with Gasteiger partial charge in [-0.1, -0.05) is 6.58 Å². The van der Waals surface area contributed by atoms with Crippen molar-refractivity contribution in [1.29, 1.82) is 0 Å². The molecule has 1 N–H and O–H groups in total. The predicted molar refractivity (Wildman–Crippen MR) is 45.7 cm³/mol. The van der Waals surface area contributed by atoms with E-state index >= 15 is 0 Å². The van der Waals surface area contributed by atoms with Gasteiger partial charge in [-0.15, -0.1) is 0 Å². The summed E-state index contributed by atoms with van der Waals surface area (Å²) in [6.45, 7) is 3.82. The Kier molecular flexibility index (Phi) is 3.26. The van der Waals surface area contributed by atoms with Gasteiger partial charge in [0.15, 0.2) is 6.29 Å². The highest BCUT2D eigenvalue weighted by Crippen LogP contribution is 2.33. The summed E-state index contributed by atoms with van der Waals surface area (Å²) in [7, 11) is 3.21. The molecule has 1 fully saturated rings. The molecule has 2 atom stereocenters. The van der Waals surface area contributed by atoms with E-state index < -0.39 is 0 Å². The maximum atomic E-state index is 9.40. The molecule has 1 saturated carbocycles. The Bertz CT molecular complexity index is 163. The van der Waals surface area contributed by atoms with Crippen LogP contribution in [-0.2, 0) is 9.47 Å². The van der Waals surface area contributed by atoms with Crippen LogP contribution in [0.4, 0.5) is 0 Å². The fraction of sp³-hybridized carbons (Fsp3) is 0.778. The largest absolute Gasteiger partial charge is 0.389 e. The van der Waals surface area contributed by atoms with Crippen LogP contribution in [-0.4, -0.2) is 31.7 Å². The normalized spacial score (nSPS) is 30.2. The van der Waals surface area contributed by atoms with Gasteiger partial charge in [0.2, 0.25) is 0 Å². The molecule has 0 spiro atoms. The first-order valence-corrected chi connectivity index (χ1v) is 4.13. The summed E-state index contributed by atoms with van der Waals surface area (Å²) in [5, 5.41) is 9.40. The molecule has 0 aromatic rings. The number of methoxy groups -OCH3 is 2. The van der Waals surface area contributed by atoms with E-state index in [0.29, 0.717) is 0 Å². The molecule has 12 heavy (non-hydrogen) atoms. The zero-order chi connectivity index (χ0) is 9.14. The average molecular weight is 172 g/mol. The van der Waals surface area contributed by atoms with Crippen molar-refractivity contribution in [2.24, 2.45) is 5.92 Å². The van der Waals surface area contributed by atoms with Gasteiger partial charge in [0.05, 0.1) is 6.10 Å². The zero-order valence-corrected chi connectivity index (χ0v) is 7.62. The first-order valence-electron chi connectivity index (χ1n) is 4.13. The Morgan fingerprint density at radius 3 is 2.33 bits per heavy atom. The molecule has 3 nitrogen and oxygen atoms in total. The molecular weight excluding hydrogens is 156 g/mol. The number of rotatable bonds is 3. The summed E-state index contributed by atoms with van der Waals surface area (Å²) in [6, 6.07) is 0. The van der Waals surface area contributed by atoms with Crippen LogP contribution in [0.5, 0.6) is 0 Å². The molecule has 3 heteroatoms. The maximum Gasteiger partial charge on any atom is 0.163 e.